The summed E-state index contributed by atoms with van der Waals surface area (Å²) in [5.41, 5.74) is 6.38. The molecule has 0 saturated heterocycles. The maximum Gasteiger partial charge on any atom is 0.343 e. The lowest BCUT2D eigenvalue weighted by Gasteiger charge is -2.06. The largest absolute Gasteiger partial charge is 0.494 e. The number of hydrogen-bond donors (Lipinski definition) is 2. The fraction of sp³-hybridized carbons (Fsp3) is 0.125. The summed E-state index contributed by atoms with van der Waals surface area (Å²) in [5.74, 6) is 0.631. The normalized spacial score (nSPS) is 9.50. The molecule has 0 amide bonds. The zero-order chi connectivity index (χ0) is 15.2. The Morgan fingerprint density at radius 3 is 2.00 bits per heavy atom. The van der Waals surface area contributed by atoms with Gasteiger partial charge in [-0.2, -0.15) is 0 Å². The van der Waals surface area contributed by atoms with E-state index >= 15 is 0 Å². The van der Waals surface area contributed by atoms with Gasteiger partial charge in [-0.3, -0.25) is 5.41 Å². The fourth-order valence-electron chi connectivity index (χ4n) is 1.72. The van der Waals surface area contributed by atoms with E-state index in [1.807, 2.05) is 6.92 Å². The summed E-state index contributed by atoms with van der Waals surface area (Å²) < 4.78 is 10.6. The van der Waals surface area contributed by atoms with Gasteiger partial charge in [-0.15, -0.1) is 12.4 Å². The van der Waals surface area contributed by atoms with Gasteiger partial charge in [-0.1, -0.05) is 0 Å². The highest BCUT2D eigenvalue weighted by molar-refractivity contribution is 5.95. The van der Waals surface area contributed by atoms with Gasteiger partial charge in [0, 0.05) is 5.56 Å². The first-order valence-corrected chi connectivity index (χ1v) is 6.49. The molecule has 6 heteroatoms. The van der Waals surface area contributed by atoms with Crippen molar-refractivity contribution in [3.05, 3.63) is 59.7 Å². The van der Waals surface area contributed by atoms with Gasteiger partial charge < -0.3 is 15.2 Å². The lowest BCUT2D eigenvalue weighted by atomic mass is 10.2. The molecule has 0 unspecified atom stereocenters. The summed E-state index contributed by atoms with van der Waals surface area (Å²) in [6, 6.07) is 13.2. The van der Waals surface area contributed by atoms with E-state index < -0.39 is 5.97 Å². The van der Waals surface area contributed by atoms with Crippen LogP contribution in [0, 0.1) is 5.41 Å². The van der Waals surface area contributed by atoms with Crippen LogP contribution in [-0.4, -0.2) is 18.4 Å². The zero-order valence-corrected chi connectivity index (χ0v) is 12.9. The number of rotatable bonds is 5. The second-order valence-electron chi connectivity index (χ2n) is 4.28. The Morgan fingerprint density at radius 2 is 1.50 bits per heavy atom. The second kappa shape index (κ2) is 8.05. The van der Waals surface area contributed by atoms with Crippen molar-refractivity contribution in [3.8, 4) is 11.5 Å². The van der Waals surface area contributed by atoms with E-state index in [9.17, 15) is 4.79 Å². The van der Waals surface area contributed by atoms with E-state index in [4.69, 9.17) is 20.6 Å². The molecule has 0 aliphatic heterocycles. The van der Waals surface area contributed by atoms with Crippen molar-refractivity contribution in [2.75, 3.05) is 6.61 Å². The molecule has 0 saturated carbocycles. The van der Waals surface area contributed by atoms with E-state index in [1.54, 1.807) is 48.5 Å². The summed E-state index contributed by atoms with van der Waals surface area (Å²) in [4.78, 5) is 12.0. The van der Waals surface area contributed by atoms with Gasteiger partial charge in [0.05, 0.1) is 12.2 Å². The van der Waals surface area contributed by atoms with Crippen molar-refractivity contribution in [3.63, 3.8) is 0 Å². The van der Waals surface area contributed by atoms with Crippen LogP contribution in [0.25, 0.3) is 0 Å². The van der Waals surface area contributed by atoms with Gasteiger partial charge in [0.15, 0.2) is 0 Å². The van der Waals surface area contributed by atoms with Crippen LogP contribution in [0.1, 0.15) is 22.8 Å². The quantitative estimate of drug-likeness (QED) is 0.384. The van der Waals surface area contributed by atoms with Crippen molar-refractivity contribution in [1.29, 1.82) is 5.41 Å². The topological polar surface area (TPSA) is 85.4 Å². The Bertz CT molecular complexity index is 639. The van der Waals surface area contributed by atoms with E-state index in [1.165, 1.54) is 0 Å². The van der Waals surface area contributed by atoms with E-state index in [2.05, 4.69) is 0 Å². The highest BCUT2D eigenvalue weighted by Crippen LogP contribution is 2.16. The maximum atomic E-state index is 12.0. The van der Waals surface area contributed by atoms with Crippen LogP contribution < -0.4 is 15.2 Å². The van der Waals surface area contributed by atoms with Crippen LogP contribution in [0.3, 0.4) is 0 Å². The minimum Gasteiger partial charge on any atom is -0.494 e. The highest BCUT2D eigenvalue weighted by atomic mass is 35.5. The molecule has 0 spiro atoms. The standard InChI is InChI=1S/C16H16N2O3.ClH/c1-2-20-13-7-5-12(6-8-13)16(19)21-14-9-3-11(4-10-14)15(17)18;/h3-10H,2H2,1H3,(H3,17,18);1H. The number of hydrogen-bond acceptors (Lipinski definition) is 4. The molecule has 22 heavy (non-hydrogen) atoms. The van der Waals surface area contributed by atoms with Crippen molar-refractivity contribution in [1.82, 2.24) is 0 Å². The number of esters is 1. The Kier molecular flexibility index (Phi) is 6.41. The SMILES string of the molecule is CCOc1ccc(C(=O)Oc2ccc(C(=N)N)cc2)cc1.Cl. The molecule has 3 N–H and O–H groups in total. The number of nitrogen functional groups attached to an aromatic ring is 1. The highest BCUT2D eigenvalue weighted by Gasteiger charge is 2.09. The first-order valence-electron chi connectivity index (χ1n) is 6.49. The predicted molar refractivity (Wildman–Crippen MR) is 87.3 cm³/mol. The summed E-state index contributed by atoms with van der Waals surface area (Å²) in [5, 5.41) is 7.29. The molecule has 5 nitrogen and oxygen atoms in total. The molecule has 2 aromatic rings. The Labute approximate surface area is 135 Å². The van der Waals surface area contributed by atoms with Crippen LogP contribution >= 0.6 is 12.4 Å². The minimum atomic E-state index is -0.450. The molecule has 0 aliphatic carbocycles. The van der Waals surface area contributed by atoms with Crippen molar-refractivity contribution < 1.29 is 14.3 Å². The van der Waals surface area contributed by atoms with Gasteiger partial charge in [0.2, 0.25) is 0 Å². The third-order valence-corrected chi connectivity index (χ3v) is 2.78. The molecule has 0 aromatic heterocycles. The van der Waals surface area contributed by atoms with Crippen molar-refractivity contribution >= 4 is 24.2 Å². The minimum absolute atomic E-state index is 0. The lowest BCUT2D eigenvalue weighted by molar-refractivity contribution is 0.0734. The van der Waals surface area contributed by atoms with Crippen molar-refractivity contribution in [2.45, 2.75) is 6.92 Å². The summed E-state index contributed by atoms with van der Waals surface area (Å²) >= 11 is 0. The molecule has 0 atom stereocenters. The molecule has 2 aromatic carbocycles. The number of benzene rings is 2. The average Bonchev–Trinajstić information content (AvgIpc) is 2.49. The molecule has 0 fully saturated rings. The number of amidine groups is 1. The Hall–Kier alpha value is -2.53. The number of nitrogens with two attached hydrogens (primary N) is 1. The number of ether oxygens (including phenoxy) is 2. The van der Waals surface area contributed by atoms with Crippen LogP contribution in [0.4, 0.5) is 0 Å². The van der Waals surface area contributed by atoms with Gasteiger partial charge in [0.25, 0.3) is 0 Å². The summed E-state index contributed by atoms with van der Waals surface area (Å²) in [6.45, 7) is 2.47. The molecule has 0 bridgehead atoms. The summed E-state index contributed by atoms with van der Waals surface area (Å²) in [7, 11) is 0. The third-order valence-electron chi connectivity index (χ3n) is 2.78. The summed E-state index contributed by atoms with van der Waals surface area (Å²) in [6.07, 6.45) is 0. The number of carbonyl (C=O) groups excluding carboxylic acids is 1. The second-order valence-corrected chi connectivity index (χ2v) is 4.28. The smallest absolute Gasteiger partial charge is 0.343 e. The van der Waals surface area contributed by atoms with Crippen LogP contribution in [0.5, 0.6) is 11.5 Å². The predicted octanol–water partition coefficient (Wildman–Crippen LogP) is 3.01. The van der Waals surface area contributed by atoms with E-state index in [0.717, 1.165) is 0 Å². The van der Waals surface area contributed by atoms with Crippen LogP contribution in [0.2, 0.25) is 0 Å². The zero-order valence-electron chi connectivity index (χ0n) is 12.0. The first kappa shape index (κ1) is 17.5. The number of nitrogens with one attached hydrogen (secondary N) is 1. The third kappa shape index (κ3) is 4.49. The maximum absolute atomic E-state index is 12.0. The van der Waals surface area contributed by atoms with Gasteiger partial charge in [0.1, 0.15) is 17.3 Å². The molecule has 0 aliphatic rings. The van der Waals surface area contributed by atoms with Crippen LogP contribution in [0.15, 0.2) is 48.5 Å². The van der Waals surface area contributed by atoms with E-state index in [-0.39, 0.29) is 18.2 Å². The lowest BCUT2D eigenvalue weighted by Crippen LogP contribution is -2.11. The van der Waals surface area contributed by atoms with Gasteiger partial charge in [-0.05, 0) is 55.5 Å². The average molecular weight is 321 g/mol. The molecule has 0 radical (unpaired) electrons. The van der Waals surface area contributed by atoms with E-state index in [0.29, 0.717) is 29.2 Å². The number of halogens is 1. The number of carbonyl (C=O) groups is 1. The van der Waals surface area contributed by atoms with Gasteiger partial charge in [-0.25, -0.2) is 4.79 Å². The molecular formula is C16H17ClN2O3. The monoisotopic (exact) mass is 320 g/mol. The molecular weight excluding hydrogens is 304 g/mol. The molecule has 116 valence electrons. The molecule has 0 heterocycles. The van der Waals surface area contributed by atoms with Crippen LogP contribution in [-0.2, 0) is 0 Å². The fourth-order valence-corrected chi connectivity index (χ4v) is 1.72. The van der Waals surface area contributed by atoms with Gasteiger partial charge >= 0.3 is 5.97 Å². The molecule has 2 rings (SSSR count). The Morgan fingerprint density at radius 1 is 1.00 bits per heavy atom. The first-order chi connectivity index (χ1) is 10.1. The Balaban J connectivity index is 0.00000242. The van der Waals surface area contributed by atoms with Crippen molar-refractivity contribution in [2.24, 2.45) is 5.73 Å².